The van der Waals surface area contributed by atoms with Crippen LogP contribution in [0.3, 0.4) is 0 Å². The maximum absolute atomic E-state index is 13.8. The second-order valence-electron chi connectivity index (χ2n) is 8.99. The van der Waals surface area contributed by atoms with Crippen molar-refractivity contribution in [2.75, 3.05) is 11.9 Å². The molecule has 168 valence electrons. The Morgan fingerprint density at radius 1 is 0.912 bits per heavy atom. The van der Waals surface area contributed by atoms with Crippen LogP contribution in [0.4, 0.5) is 5.69 Å². The number of carbonyl (C=O) groups excluding carboxylic acids is 1. The smallest absolute Gasteiger partial charge is 0.162 e. The highest BCUT2D eigenvalue weighted by Gasteiger charge is 2.39. The third-order valence-corrected chi connectivity index (χ3v) is 6.99. The van der Waals surface area contributed by atoms with Crippen LogP contribution in [-0.4, -0.2) is 17.4 Å². The summed E-state index contributed by atoms with van der Waals surface area (Å²) >= 11 is 0. The molecule has 34 heavy (non-hydrogen) atoms. The Balaban J connectivity index is 1.52. The highest BCUT2D eigenvalue weighted by atomic mass is 16.5. The van der Waals surface area contributed by atoms with Crippen molar-refractivity contribution in [2.24, 2.45) is 0 Å². The first kappa shape index (κ1) is 20.7. The number of benzene rings is 3. The summed E-state index contributed by atoms with van der Waals surface area (Å²) in [6.45, 7) is 2.61. The summed E-state index contributed by atoms with van der Waals surface area (Å²) < 4.78 is 5.68. The first-order valence-electron chi connectivity index (χ1n) is 11.9. The van der Waals surface area contributed by atoms with Crippen molar-refractivity contribution in [2.45, 2.75) is 31.6 Å². The minimum Gasteiger partial charge on any atom is -0.494 e. The van der Waals surface area contributed by atoms with Gasteiger partial charge < -0.3 is 10.1 Å². The summed E-state index contributed by atoms with van der Waals surface area (Å²) in [4.78, 5) is 18.4. The molecule has 0 bridgehead atoms. The van der Waals surface area contributed by atoms with Gasteiger partial charge in [-0.1, -0.05) is 48.5 Å². The predicted molar refractivity (Wildman–Crippen MR) is 135 cm³/mol. The zero-order valence-electron chi connectivity index (χ0n) is 19.1. The molecule has 0 radical (unpaired) electrons. The first-order valence-corrected chi connectivity index (χ1v) is 11.9. The van der Waals surface area contributed by atoms with Crippen LogP contribution in [0.15, 0.2) is 96.3 Å². The number of Topliss-reactive ketones (excluding diaryl/α,β-unsaturated/α-hetero) is 1. The topological polar surface area (TPSA) is 51.2 Å². The molecule has 2 aliphatic rings. The monoisotopic (exact) mass is 446 g/mol. The predicted octanol–water partition coefficient (Wildman–Crippen LogP) is 6.59. The Morgan fingerprint density at radius 2 is 1.74 bits per heavy atom. The molecule has 2 heterocycles. The number of aromatic nitrogens is 1. The molecule has 1 aromatic heterocycles. The van der Waals surface area contributed by atoms with Crippen LogP contribution in [-0.2, 0) is 4.79 Å². The van der Waals surface area contributed by atoms with Gasteiger partial charge in [0.2, 0.25) is 0 Å². The Hall–Kier alpha value is -3.92. The molecule has 0 fully saturated rings. The van der Waals surface area contributed by atoms with E-state index in [0.717, 1.165) is 51.2 Å². The lowest BCUT2D eigenvalue weighted by molar-refractivity contribution is -0.116. The highest BCUT2D eigenvalue weighted by molar-refractivity contribution is 6.04. The van der Waals surface area contributed by atoms with Gasteiger partial charge in [0.05, 0.1) is 12.1 Å². The molecule has 6 rings (SSSR count). The molecular formula is C30H26N2O2. The zero-order chi connectivity index (χ0) is 23.1. The molecule has 0 saturated carbocycles. The minimum atomic E-state index is -0.140. The van der Waals surface area contributed by atoms with Crippen molar-refractivity contribution in [3.05, 3.63) is 113 Å². The van der Waals surface area contributed by atoms with E-state index in [1.54, 1.807) is 0 Å². The first-order chi connectivity index (χ1) is 16.7. The average molecular weight is 447 g/mol. The van der Waals surface area contributed by atoms with Gasteiger partial charge in [0, 0.05) is 40.9 Å². The molecule has 0 spiro atoms. The van der Waals surface area contributed by atoms with Gasteiger partial charge in [-0.3, -0.25) is 9.78 Å². The molecule has 1 aliphatic carbocycles. The van der Waals surface area contributed by atoms with Crippen LogP contribution in [0.5, 0.6) is 5.75 Å². The van der Waals surface area contributed by atoms with Crippen LogP contribution in [0.25, 0.3) is 10.9 Å². The zero-order valence-corrected chi connectivity index (χ0v) is 19.1. The third-order valence-electron chi connectivity index (χ3n) is 6.99. The summed E-state index contributed by atoms with van der Waals surface area (Å²) in [5.41, 5.74) is 7.37. The van der Waals surface area contributed by atoms with Crippen molar-refractivity contribution in [3.8, 4) is 5.75 Å². The number of nitrogens with one attached hydrogen (secondary N) is 1. The molecule has 1 N–H and O–H groups in total. The van der Waals surface area contributed by atoms with Gasteiger partial charge in [-0.25, -0.2) is 0 Å². The van der Waals surface area contributed by atoms with E-state index in [1.165, 1.54) is 5.56 Å². The Bertz CT molecular complexity index is 1410. The molecular weight excluding hydrogens is 420 g/mol. The summed E-state index contributed by atoms with van der Waals surface area (Å²) in [6, 6.07) is 26.8. The van der Waals surface area contributed by atoms with Crippen LogP contribution < -0.4 is 10.1 Å². The summed E-state index contributed by atoms with van der Waals surface area (Å²) in [6.07, 6.45) is 3.16. The maximum Gasteiger partial charge on any atom is 0.162 e. The van der Waals surface area contributed by atoms with E-state index in [-0.39, 0.29) is 17.6 Å². The lowest BCUT2D eigenvalue weighted by Gasteiger charge is -2.37. The number of pyridine rings is 1. The van der Waals surface area contributed by atoms with E-state index in [4.69, 9.17) is 4.74 Å². The number of hydrogen-bond donors (Lipinski definition) is 1. The molecule has 1 aliphatic heterocycles. The van der Waals surface area contributed by atoms with Gasteiger partial charge in [-0.05, 0) is 66.3 Å². The maximum atomic E-state index is 13.8. The molecule has 0 amide bonds. The quantitative estimate of drug-likeness (QED) is 0.384. The number of fused-ring (bicyclic) bond motifs is 3. The second kappa shape index (κ2) is 8.45. The molecule has 3 aromatic carbocycles. The van der Waals surface area contributed by atoms with Crippen LogP contribution >= 0.6 is 0 Å². The van der Waals surface area contributed by atoms with E-state index in [0.29, 0.717) is 13.0 Å². The number of anilines is 1. The van der Waals surface area contributed by atoms with Gasteiger partial charge in [0.1, 0.15) is 5.75 Å². The Kier molecular flexibility index (Phi) is 5.14. The molecule has 4 nitrogen and oxygen atoms in total. The van der Waals surface area contributed by atoms with Crippen LogP contribution in [0, 0.1) is 0 Å². The van der Waals surface area contributed by atoms with Crippen molar-refractivity contribution >= 4 is 22.4 Å². The van der Waals surface area contributed by atoms with Crippen LogP contribution in [0.2, 0.25) is 0 Å². The Morgan fingerprint density at radius 3 is 2.53 bits per heavy atom. The summed E-state index contributed by atoms with van der Waals surface area (Å²) in [5, 5.41) is 4.74. The van der Waals surface area contributed by atoms with Gasteiger partial charge in [-0.15, -0.1) is 0 Å². The fourth-order valence-corrected chi connectivity index (χ4v) is 5.50. The standard InChI is InChI=1S/C30H26N2O2/c1-2-34-22-12-10-20(11-13-22)28-29-23-9-6-16-31-24(23)14-15-25(29)32-26-17-21(18-27(33)30(26)28)19-7-4-3-5-8-19/h3-16,21,28,32H,2,17-18H2,1H3. The van der Waals surface area contributed by atoms with E-state index in [1.807, 2.05) is 37.4 Å². The number of allylic oxidation sites excluding steroid dienone is 2. The van der Waals surface area contributed by atoms with Gasteiger partial charge in [0.15, 0.2) is 5.78 Å². The fraction of sp³-hybridized carbons (Fsp3) is 0.200. The highest BCUT2D eigenvalue weighted by Crippen LogP contribution is 2.50. The van der Waals surface area contributed by atoms with E-state index < -0.39 is 0 Å². The van der Waals surface area contributed by atoms with Gasteiger partial charge in [-0.2, -0.15) is 0 Å². The number of carbonyl (C=O) groups is 1. The molecule has 2 unspecified atom stereocenters. The lowest BCUT2D eigenvalue weighted by atomic mass is 9.71. The minimum absolute atomic E-state index is 0.140. The lowest BCUT2D eigenvalue weighted by Crippen LogP contribution is -2.30. The van der Waals surface area contributed by atoms with E-state index in [9.17, 15) is 4.79 Å². The SMILES string of the molecule is CCOc1ccc(C2C3=C(CC(c4ccccc4)CC3=O)Nc3ccc4ncccc4c32)cc1. The number of hydrogen-bond acceptors (Lipinski definition) is 4. The van der Waals surface area contributed by atoms with Crippen LogP contribution in [0.1, 0.15) is 48.3 Å². The van der Waals surface area contributed by atoms with Gasteiger partial charge >= 0.3 is 0 Å². The number of rotatable bonds is 4. The number of nitrogens with zero attached hydrogens (tertiary/aromatic N) is 1. The average Bonchev–Trinajstić information content (AvgIpc) is 2.88. The van der Waals surface area contributed by atoms with Crippen molar-refractivity contribution in [1.82, 2.24) is 4.98 Å². The second-order valence-corrected chi connectivity index (χ2v) is 8.99. The number of ketones is 1. The van der Waals surface area contributed by atoms with Gasteiger partial charge in [0.25, 0.3) is 0 Å². The third kappa shape index (κ3) is 3.47. The normalized spacial score (nSPS) is 19.4. The van der Waals surface area contributed by atoms with E-state index >= 15 is 0 Å². The largest absolute Gasteiger partial charge is 0.494 e. The number of ether oxygens (including phenoxy) is 1. The molecule has 2 atom stereocenters. The summed E-state index contributed by atoms with van der Waals surface area (Å²) in [5.74, 6) is 1.10. The molecule has 4 aromatic rings. The Labute approximate surface area is 199 Å². The fourth-order valence-electron chi connectivity index (χ4n) is 5.50. The van der Waals surface area contributed by atoms with Crippen molar-refractivity contribution < 1.29 is 9.53 Å². The molecule has 0 saturated heterocycles. The van der Waals surface area contributed by atoms with Crippen molar-refractivity contribution in [1.29, 1.82) is 0 Å². The van der Waals surface area contributed by atoms with E-state index in [2.05, 4.69) is 64.9 Å². The summed E-state index contributed by atoms with van der Waals surface area (Å²) in [7, 11) is 0. The molecule has 4 heteroatoms. The van der Waals surface area contributed by atoms with Crippen molar-refractivity contribution in [3.63, 3.8) is 0 Å².